The van der Waals surface area contributed by atoms with E-state index in [9.17, 15) is 4.21 Å². The highest BCUT2D eigenvalue weighted by Gasteiger charge is 2.36. The van der Waals surface area contributed by atoms with Gasteiger partial charge in [0.15, 0.2) is 0 Å². The van der Waals surface area contributed by atoms with E-state index in [1.807, 2.05) is 0 Å². The molecule has 0 aliphatic rings. The Bertz CT molecular complexity index is 693. The summed E-state index contributed by atoms with van der Waals surface area (Å²) in [4.78, 5) is 0. The molecule has 0 N–H and O–H groups in total. The van der Waals surface area contributed by atoms with Crippen LogP contribution in [0.15, 0.2) is 48.5 Å². The van der Waals surface area contributed by atoms with Crippen molar-refractivity contribution in [2.75, 3.05) is 0 Å². The van der Waals surface area contributed by atoms with Gasteiger partial charge in [0.05, 0.1) is 10.5 Å². The van der Waals surface area contributed by atoms with Gasteiger partial charge in [-0.3, -0.25) is 4.21 Å². The van der Waals surface area contributed by atoms with E-state index in [-0.39, 0.29) is 10.5 Å². The van der Waals surface area contributed by atoms with Crippen LogP contribution < -0.4 is 0 Å². The minimum Gasteiger partial charge on any atom is -0.258 e. The van der Waals surface area contributed by atoms with Gasteiger partial charge in [-0.05, 0) is 48.6 Å². The molecule has 1 nitrogen and oxygen atoms in total. The first-order valence-electron chi connectivity index (χ1n) is 10.7. The molecule has 2 aromatic rings. The van der Waals surface area contributed by atoms with Gasteiger partial charge in [0.25, 0.3) is 0 Å². The number of benzene rings is 2. The van der Waals surface area contributed by atoms with Crippen LogP contribution in [0.25, 0.3) is 0 Å². The van der Waals surface area contributed by atoms with Gasteiger partial charge >= 0.3 is 0 Å². The first kappa shape index (κ1) is 22.9. The maximum Gasteiger partial charge on any atom is 0.0631 e. The Morgan fingerprint density at radius 1 is 0.571 bits per heavy atom. The molecule has 0 fully saturated rings. The van der Waals surface area contributed by atoms with Crippen molar-refractivity contribution in [1.82, 2.24) is 0 Å². The molecule has 154 valence electrons. The zero-order valence-corrected chi connectivity index (χ0v) is 19.7. The van der Waals surface area contributed by atoms with Crippen LogP contribution >= 0.6 is 0 Å². The van der Waals surface area contributed by atoms with Crippen LogP contribution in [0.3, 0.4) is 0 Å². The molecule has 0 aliphatic heterocycles. The van der Waals surface area contributed by atoms with Crippen LogP contribution in [0, 0.1) is 37.5 Å². The maximum atomic E-state index is 14.2. The molecule has 0 saturated carbocycles. The van der Waals surface area contributed by atoms with Crippen molar-refractivity contribution < 1.29 is 4.21 Å². The fraction of sp³-hybridized carbons (Fsp3) is 0.538. The Morgan fingerprint density at radius 3 is 1.11 bits per heavy atom. The number of aryl methyl sites for hydroxylation is 2. The molecule has 4 atom stereocenters. The Morgan fingerprint density at radius 2 is 0.857 bits per heavy atom. The fourth-order valence-corrected chi connectivity index (χ4v) is 6.31. The van der Waals surface area contributed by atoms with Gasteiger partial charge in [-0.2, -0.15) is 0 Å². The molecule has 0 saturated heterocycles. The maximum absolute atomic E-state index is 14.2. The van der Waals surface area contributed by atoms with Crippen LogP contribution in [0.1, 0.15) is 74.3 Å². The highest BCUT2D eigenvalue weighted by Crippen LogP contribution is 2.43. The molecule has 28 heavy (non-hydrogen) atoms. The van der Waals surface area contributed by atoms with Gasteiger partial charge in [-0.25, -0.2) is 0 Å². The molecule has 0 aromatic heterocycles. The summed E-state index contributed by atoms with van der Waals surface area (Å²) in [6.45, 7) is 17.7. The Kier molecular flexibility index (Phi) is 8.07. The van der Waals surface area contributed by atoms with Gasteiger partial charge in [0.2, 0.25) is 0 Å². The molecule has 0 heterocycles. The number of hydrogen-bond donors (Lipinski definition) is 0. The fourth-order valence-electron chi connectivity index (χ4n) is 3.67. The van der Waals surface area contributed by atoms with Crippen molar-refractivity contribution in [2.45, 2.75) is 65.9 Å². The normalized spacial score (nSPS) is 17.4. The van der Waals surface area contributed by atoms with Crippen molar-refractivity contribution in [3.8, 4) is 0 Å². The summed E-state index contributed by atoms with van der Waals surface area (Å²) < 4.78 is 14.2. The monoisotopic (exact) mass is 398 g/mol. The molecule has 0 spiro atoms. The van der Waals surface area contributed by atoms with Gasteiger partial charge < -0.3 is 0 Å². The lowest BCUT2D eigenvalue weighted by Gasteiger charge is -2.34. The standard InChI is InChI=1S/C26H38OS/c1-17(2)21(7)25(23-13-9-19(5)10-14-23)28(27)26(22(8)18(3)4)24-15-11-20(6)12-16-24/h9-18,21-22,25-26H,1-8H3/t21-,22-,25?,26?,28?/m0/s1. The summed E-state index contributed by atoms with van der Waals surface area (Å²) in [6.07, 6.45) is 0. The summed E-state index contributed by atoms with van der Waals surface area (Å²) in [5, 5.41) is 0.0706. The summed E-state index contributed by atoms with van der Waals surface area (Å²) in [7, 11) is -1.01. The molecule has 0 radical (unpaired) electrons. The third-order valence-electron chi connectivity index (χ3n) is 6.37. The largest absolute Gasteiger partial charge is 0.258 e. The van der Waals surface area contributed by atoms with E-state index in [4.69, 9.17) is 0 Å². The summed E-state index contributed by atoms with van der Waals surface area (Å²) in [5.74, 6) is 1.64. The zero-order valence-electron chi connectivity index (χ0n) is 18.9. The van der Waals surface area contributed by atoms with Crippen molar-refractivity contribution >= 4 is 10.8 Å². The van der Waals surface area contributed by atoms with E-state index >= 15 is 0 Å². The van der Waals surface area contributed by atoms with Gasteiger partial charge in [0.1, 0.15) is 0 Å². The highest BCUT2D eigenvalue weighted by molar-refractivity contribution is 7.85. The molecule has 0 bridgehead atoms. The topological polar surface area (TPSA) is 17.1 Å². The summed E-state index contributed by atoms with van der Waals surface area (Å²) in [6, 6.07) is 17.3. The first-order valence-corrected chi connectivity index (χ1v) is 11.9. The van der Waals surface area contributed by atoms with Gasteiger partial charge in [-0.1, -0.05) is 101 Å². The molecule has 0 aliphatic carbocycles. The highest BCUT2D eigenvalue weighted by atomic mass is 32.2. The van der Waals surface area contributed by atoms with Crippen LogP contribution in [0.5, 0.6) is 0 Å². The van der Waals surface area contributed by atoms with E-state index < -0.39 is 10.8 Å². The van der Waals surface area contributed by atoms with Gasteiger partial charge in [0, 0.05) is 10.8 Å². The lowest BCUT2D eigenvalue weighted by molar-refractivity contribution is 0.382. The summed E-state index contributed by atoms with van der Waals surface area (Å²) in [5.41, 5.74) is 4.91. The second-order valence-electron chi connectivity index (χ2n) is 9.20. The average Bonchev–Trinajstić information content (AvgIpc) is 2.65. The van der Waals surface area contributed by atoms with E-state index in [2.05, 4.69) is 104 Å². The van der Waals surface area contributed by atoms with Crippen molar-refractivity contribution in [3.63, 3.8) is 0 Å². The first-order chi connectivity index (χ1) is 13.1. The SMILES string of the molecule is Cc1ccc(C([C@@H](C)C(C)C)S(=O)C(c2ccc(C)cc2)[C@@H](C)C(C)C)cc1. The van der Waals surface area contributed by atoms with Crippen molar-refractivity contribution in [3.05, 3.63) is 70.8 Å². The Labute approximate surface area is 175 Å². The van der Waals surface area contributed by atoms with E-state index in [1.54, 1.807) is 0 Å². The van der Waals surface area contributed by atoms with Crippen LogP contribution in [-0.4, -0.2) is 4.21 Å². The summed E-state index contributed by atoms with van der Waals surface area (Å²) >= 11 is 0. The van der Waals surface area contributed by atoms with E-state index in [1.165, 1.54) is 22.3 Å². The lowest BCUT2D eigenvalue weighted by Crippen LogP contribution is -2.28. The molecule has 0 amide bonds. The van der Waals surface area contributed by atoms with E-state index in [0.29, 0.717) is 23.7 Å². The second-order valence-corrected chi connectivity index (χ2v) is 10.9. The van der Waals surface area contributed by atoms with Crippen LogP contribution in [0.2, 0.25) is 0 Å². The molecule has 2 unspecified atom stereocenters. The van der Waals surface area contributed by atoms with Crippen LogP contribution in [0.4, 0.5) is 0 Å². The molecular formula is C26H38OS. The molecule has 2 heteroatoms. The van der Waals surface area contributed by atoms with E-state index in [0.717, 1.165) is 0 Å². The van der Waals surface area contributed by atoms with Crippen molar-refractivity contribution in [1.29, 1.82) is 0 Å². The molecule has 2 rings (SSSR count). The van der Waals surface area contributed by atoms with Crippen LogP contribution in [-0.2, 0) is 10.8 Å². The number of hydrogen-bond acceptors (Lipinski definition) is 1. The van der Waals surface area contributed by atoms with Gasteiger partial charge in [-0.15, -0.1) is 0 Å². The predicted molar refractivity (Wildman–Crippen MR) is 124 cm³/mol. The minimum atomic E-state index is -1.01. The molecular weight excluding hydrogens is 360 g/mol. The quantitative estimate of drug-likeness (QED) is 0.452. The zero-order chi connectivity index (χ0) is 21.0. The lowest BCUT2D eigenvalue weighted by atomic mass is 9.89. The Hall–Kier alpha value is -1.41. The predicted octanol–water partition coefficient (Wildman–Crippen LogP) is 7.42. The number of rotatable bonds is 8. The Balaban J connectivity index is 2.55. The minimum absolute atomic E-state index is 0.0353. The second kappa shape index (κ2) is 9.87. The average molecular weight is 399 g/mol. The molecule has 2 aromatic carbocycles. The smallest absolute Gasteiger partial charge is 0.0631 e. The third-order valence-corrected chi connectivity index (χ3v) is 8.77. The third kappa shape index (κ3) is 5.35. The van der Waals surface area contributed by atoms with Crippen molar-refractivity contribution in [2.24, 2.45) is 23.7 Å².